The molecule has 1 aromatic heterocycles. The first-order chi connectivity index (χ1) is 12.3. The monoisotopic (exact) mass is 380 g/mol. The highest BCUT2D eigenvalue weighted by Gasteiger charge is 2.10. The van der Waals surface area contributed by atoms with Gasteiger partial charge in [0.25, 0.3) is 0 Å². The first-order valence-corrected chi connectivity index (χ1v) is 8.71. The van der Waals surface area contributed by atoms with Crippen molar-refractivity contribution >= 4 is 29.3 Å². The number of anilines is 1. The molecule has 0 spiro atoms. The van der Waals surface area contributed by atoms with Crippen LogP contribution in [0, 0.1) is 32.4 Å². The quantitative estimate of drug-likeness (QED) is 0.594. The number of halogens is 2. The minimum Gasteiger partial charge on any atom is -0.346 e. The lowest BCUT2D eigenvalue weighted by atomic mass is 10.2. The molecule has 0 aliphatic heterocycles. The number of thioether (sulfide) groups is 1. The summed E-state index contributed by atoms with van der Waals surface area (Å²) in [5.74, 6) is -2.92. The van der Waals surface area contributed by atoms with Crippen LogP contribution in [0.5, 0.6) is 0 Å². The van der Waals surface area contributed by atoms with Crippen LogP contribution in [0.4, 0.5) is 14.5 Å². The fourth-order valence-electron chi connectivity index (χ4n) is 1.95. The van der Waals surface area contributed by atoms with E-state index in [2.05, 4.69) is 20.6 Å². The molecule has 0 unspecified atom stereocenters. The van der Waals surface area contributed by atoms with Crippen LogP contribution in [0.1, 0.15) is 17.0 Å². The second-order valence-corrected chi connectivity index (χ2v) is 6.49. The van der Waals surface area contributed by atoms with Crippen molar-refractivity contribution in [2.45, 2.75) is 25.9 Å². The molecule has 2 aromatic rings. The maximum absolute atomic E-state index is 13.1. The Bertz CT molecular complexity index is 823. The minimum atomic E-state index is -1.06. The number of hydrogen-bond donors (Lipinski definition) is 2. The van der Waals surface area contributed by atoms with Crippen LogP contribution < -0.4 is 10.6 Å². The second kappa shape index (κ2) is 8.70. The van der Waals surface area contributed by atoms with E-state index in [1.165, 1.54) is 17.8 Å². The van der Waals surface area contributed by atoms with E-state index in [-0.39, 0.29) is 23.9 Å². The van der Waals surface area contributed by atoms with Crippen molar-refractivity contribution in [2.24, 2.45) is 0 Å². The van der Waals surface area contributed by atoms with E-state index >= 15 is 0 Å². The number of aromatic nitrogens is 2. The molecule has 0 aliphatic carbocycles. The van der Waals surface area contributed by atoms with Gasteiger partial charge >= 0.3 is 0 Å². The molecule has 2 rings (SSSR count). The van der Waals surface area contributed by atoms with E-state index in [9.17, 15) is 18.4 Å². The topological polar surface area (TPSA) is 84.0 Å². The highest BCUT2D eigenvalue weighted by molar-refractivity contribution is 7.99. The number of nitrogens with zero attached hydrogens (tertiary/aromatic N) is 2. The van der Waals surface area contributed by atoms with Gasteiger partial charge in [-0.25, -0.2) is 18.7 Å². The van der Waals surface area contributed by atoms with E-state index in [1.54, 1.807) is 0 Å². The number of carbonyl (C=O) groups is 2. The molecule has 26 heavy (non-hydrogen) atoms. The van der Waals surface area contributed by atoms with Gasteiger partial charge in [-0.05, 0) is 38.5 Å². The number of benzene rings is 1. The molecule has 2 amide bonds. The van der Waals surface area contributed by atoms with Gasteiger partial charge in [0.15, 0.2) is 16.8 Å². The van der Waals surface area contributed by atoms with Crippen LogP contribution in [0.3, 0.4) is 0 Å². The lowest BCUT2D eigenvalue weighted by Crippen LogP contribution is -2.34. The summed E-state index contributed by atoms with van der Waals surface area (Å²) in [6.07, 6.45) is 0. The first kappa shape index (κ1) is 19.8. The molecule has 0 bridgehead atoms. The summed E-state index contributed by atoms with van der Waals surface area (Å²) in [6, 6.07) is 3.00. The highest BCUT2D eigenvalue weighted by atomic mass is 32.2. The fraction of sp³-hybridized carbons (Fsp3) is 0.294. The second-order valence-electron chi connectivity index (χ2n) is 5.54. The summed E-state index contributed by atoms with van der Waals surface area (Å²) in [5.41, 5.74) is 2.82. The van der Waals surface area contributed by atoms with Crippen molar-refractivity contribution in [1.82, 2.24) is 15.3 Å². The zero-order valence-corrected chi connectivity index (χ0v) is 15.3. The lowest BCUT2D eigenvalue weighted by molar-refractivity contribution is -0.122. The van der Waals surface area contributed by atoms with Crippen molar-refractivity contribution in [3.63, 3.8) is 0 Å². The average molecular weight is 380 g/mol. The smallest absolute Gasteiger partial charge is 0.243 e. The van der Waals surface area contributed by atoms with E-state index in [0.29, 0.717) is 5.16 Å². The van der Waals surface area contributed by atoms with Gasteiger partial charge in [-0.2, -0.15) is 0 Å². The third-order valence-corrected chi connectivity index (χ3v) is 4.44. The Morgan fingerprint density at radius 3 is 2.31 bits per heavy atom. The SMILES string of the molecule is Cc1nc(SCC(=O)NCC(=O)Nc2ccc(F)c(F)c2)nc(C)c1C. The van der Waals surface area contributed by atoms with Gasteiger partial charge in [-0.3, -0.25) is 9.59 Å². The number of aryl methyl sites for hydroxylation is 2. The molecule has 138 valence electrons. The maximum Gasteiger partial charge on any atom is 0.243 e. The lowest BCUT2D eigenvalue weighted by Gasteiger charge is -2.08. The predicted octanol–water partition coefficient (Wildman–Crippen LogP) is 2.53. The third-order valence-electron chi connectivity index (χ3n) is 3.59. The molecule has 0 saturated heterocycles. The fourth-order valence-corrected chi connectivity index (χ4v) is 2.71. The summed E-state index contributed by atoms with van der Waals surface area (Å²) in [4.78, 5) is 32.2. The van der Waals surface area contributed by atoms with Crippen LogP contribution in [-0.2, 0) is 9.59 Å². The number of carbonyl (C=O) groups excluding carboxylic acids is 2. The minimum absolute atomic E-state index is 0.0559. The van der Waals surface area contributed by atoms with E-state index in [1.807, 2.05) is 20.8 Å². The van der Waals surface area contributed by atoms with Crippen LogP contribution in [0.2, 0.25) is 0 Å². The summed E-state index contributed by atoms with van der Waals surface area (Å²) < 4.78 is 25.9. The molecule has 0 saturated carbocycles. The van der Waals surface area contributed by atoms with E-state index in [4.69, 9.17) is 0 Å². The van der Waals surface area contributed by atoms with Crippen LogP contribution in [0.15, 0.2) is 23.4 Å². The van der Waals surface area contributed by atoms with Crippen LogP contribution in [-0.4, -0.2) is 34.1 Å². The zero-order chi connectivity index (χ0) is 19.3. The van der Waals surface area contributed by atoms with Gasteiger partial charge in [0, 0.05) is 23.1 Å². The van der Waals surface area contributed by atoms with Crippen molar-refractivity contribution in [3.8, 4) is 0 Å². The van der Waals surface area contributed by atoms with Crippen molar-refractivity contribution in [3.05, 3.63) is 46.8 Å². The zero-order valence-electron chi connectivity index (χ0n) is 14.5. The Morgan fingerprint density at radius 1 is 1.04 bits per heavy atom. The molecule has 0 atom stereocenters. The van der Waals surface area contributed by atoms with Crippen molar-refractivity contribution < 1.29 is 18.4 Å². The Morgan fingerprint density at radius 2 is 1.69 bits per heavy atom. The van der Waals surface area contributed by atoms with E-state index < -0.39 is 17.5 Å². The summed E-state index contributed by atoms with van der Waals surface area (Å²) in [5, 5.41) is 5.31. The molecule has 0 radical (unpaired) electrons. The Balaban J connectivity index is 1.79. The summed E-state index contributed by atoms with van der Waals surface area (Å²) in [7, 11) is 0. The Kier molecular flexibility index (Phi) is 6.62. The first-order valence-electron chi connectivity index (χ1n) is 7.72. The molecule has 1 aromatic carbocycles. The van der Waals surface area contributed by atoms with Crippen molar-refractivity contribution in [1.29, 1.82) is 0 Å². The highest BCUT2D eigenvalue weighted by Crippen LogP contribution is 2.17. The molecule has 1 heterocycles. The van der Waals surface area contributed by atoms with Gasteiger partial charge in [0.2, 0.25) is 11.8 Å². The van der Waals surface area contributed by atoms with Crippen LogP contribution in [0.25, 0.3) is 0 Å². The average Bonchev–Trinajstić information content (AvgIpc) is 2.59. The number of rotatable bonds is 6. The molecule has 9 heteroatoms. The van der Waals surface area contributed by atoms with E-state index in [0.717, 1.165) is 29.1 Å². The normalized spacial score (nSPS) is 10.5. The maximum atomic E-state index is 13.1. The molecule has 0 fully saturated rings. The standard InChI is InChI=1S/C17H18F2N4O2S/c1-9-10(2)21-17(22-11(9)3)26-8-16(25)20-7-15(24)23-12-4-5-13(18)14(19)6-12/h4-6H,7-8H2,1-3H3,(H,20,25)(H,23,24). The largest absolute Gasteiger partial charge is 0.346 e. The Hall–Kier alpha value is -2.55. The predicted molar refractivity (Wildman–Crippen MR) is 95.0 cm³/mol. The molecule has 0 aliphatic rings. The molecule has 6 nitrogen and oxygen atoms in total. The Labute approximate surface area is 153 Å². The van der Waals surface area contributed by atoms with Gasteiger partial charge in [0.1, 0.15) is 0 Å². The molecular formula is C17H18F2N4O2S. The number of nitrogens with one attached hydrogen (secondary N) is 2. The summed E-state index contributed by atoms with van der Waals surface area (Å²) >= 11 is 1.17. The van der Waals surface area contributed by atoms with Gasteiger partial charge < -0.3 is 10.6 Å². The van der Waals surface area contributed by atoms with Gasteiger partial charge in [0.05, 0.1) is 12.3 Å². The number of hydrogen-bond acceptors (Lipinski definition) is 5. The van der Waals surface area contributed by atoms with Crippen LogP contribution >= 0.6 is 11.8 Å². The third kappa shape index (κ3) is 5.48. The van der Waals surface area contributed by atoms with Gasteiger partial charge in [-0.15, -0.1) is 0 Å². The molecular weight excluding hydrogens is 362 g/mol. The van der Waals surface area contributed by atoms with Crippen molar-refractivity contribution in [2.75, 3.05) is 17.6 Å². The molecule has 2 N–H and O–H groups in total. The van der Waals surface area contributed by atoms with Gasteiger partial charge in [-0.1, -0.05) is 11.8 Å². The number of amides is 2. The summed E-state index contributed by atoms with van der Waals surface area (Å²) in [6.45, 7) is 5.39.